The zero-order valence-electron chi connectivity index (χ0n) is 10.6. The molecule has 5 nitrogen and oxygen atoms in total. The SMILES string of the molecule is CN1CCN(C(=O)O[C@@H]2CCCC[C@H]2N)CC1. The topological polar surface area (TPSA) is 58.8 Å². The highest BCUT2D eigenvalue weighted by atomic mass is 16.6. The number of likely N-dealkylation sites (N-methyl/N-ethyl adjacent to an activating group) is 1. The molecule has 0 unspecified atom stereocenters. The maximum absolute atomic E-state index is 11.9. The third-order valence-corrected chi connectivity index (χ3v) is 3.77. The van der Waals surface area contributed by atoms with Gasteiger partial charge in [0, 0.05) is 32.2 Å². The molecule has 2 fully saturated rings. The molecular weight excluding hydrogens is 218 g/mol. The second kappa shape index (κ2) is 5.69. The van der Waals surface area contributed by atoms with Crippen LogP contribution in [0.15, 0.2) is 0 Å². The average molecular weight is 241 g/mol. The molecule has 0 aromatic heterocycles. The summed E-state index contributed by atoms with van der Waals surface area (Å²) in [5.41, 5.74) is 5.97. The fourth-order valence-electron chi connectivity index (χ4n) is 2.46. The minimum absolute atomic E-state index is 0.0279. The number of amides is 1. The van der Waals surface area contributed by atoms with Crippen molar-refractivity contribution in [3.05, 3.63) is 0 Å². The Morgan fingerprint density at radius 2 is 1.82 bits per heavy atom. The molecule has 17 heavy (non-hydrogen) atoms. The van der Waals surface area contributed by atoms with Crippen molar-refractivity contribution in [2.75, 3.05) is 33.2 Å². The molecule has 2 aliphatic rings. The van der Waals surface area contributed by atoms with Crippen LogP contribution in [0.4, 0.5) is 4.79 Å². The molecule has 1 aliphatic heterocycles. The highest BCUT2D eigenvalue weighted by molar-refractivity contribution is 5.68. The summed E-state index contributed by atoms with van der Waals surface area (Å²) < 4.78 is 5.52. The number of rotatable bonds is 1. The minimum Gasteiger partial charge on any atom is -0.444 e. The molecule has 1 amide bonds. The largest absolute Gasteiger partial charge is 0.444 e. The first-order valence-electron chi connectivity index (χ1n) is 6.56. The summed E-state index contributed by atoms with van der Waals surface area (Å²) in [6, 6.07) is 0.0279. The van der Waals surface area contributed by atoms with Crippen LogP contribution in [0.25, 0.3) is 0 Å². The number of nitrogens with zero attached hydrogens (tertiary/aromatic N) is 2. The van der Waals surface area contributed by atoms with Gasteiger partial charge >= 0.3 is 6.09 Å². The molecule has 2 atom stereocenters. The lowest BCUT2D eigenvalue weighted by atomic mass is 9.93. The fourth-order valence-corrected chi connectivity index (χ4v) is 2.46. The number of hydrogen-bond acceptors (Lipinski definition) is 4. The molecule has 98 valence electrons. The van der Waals surface area contributed by atoms with Gasteiger partial charge in [0.1, 0.15) is 6.10 Å². The van der Waals surface area contributed by atoms with Gasteiger partial charge in [-0.05, 0) is 26.3 Å². The van der Waals surface area contributed by atoms with E-state index >= 15 is 0 Å². The number of hydrogen-bond donors (Lipinski definition) is 1. The molecule has 2 N–H and O–H groups in total. The van der Waals surface area contributed by atoms with Crippen LogP contribution in [-0.4, -0.2) is 61.3 Å². The first kappa shape index (κ1) is 12.6. The van der Waals surface area contributed by atoms with Gasteiger partial charge in [0.05, 0.1) is 0 Å². The molecular formula is C12H23N3O2. The second-order valence-corrected chi connectivity index (χ2v) is 5.16. The summed E-state index contributed by atoms with van der Waals surface area (Å²) in [4.78, 5) is 16.0. The summed E-state index contributed by atoms with van der Waals surface area (Å²) in [5.74, 6) is 0. The van der Waals surface area contributed by atoms with Crippen LogP contribution in [-0.2, 0) is 4.74 Å². The van der Waals surface area contributed by atoms with E-state index in [2.05, 4.69) is 11.9 Å². The second-order valence-electron chi connectivity index (χ2n) is 5.16. The van der Waals surface area contributed by atoms with Gasteiger partial charge in [-0.2, -0.15) is 0 Å². The first-order chi connectivity index (χ1) is 8.16. The minimum atomic E-state index is -0.180. The summed E-state index contributed by atoms with van der Waals surface area (Å²) in [6.45, 7) is 3.37. The number of carbonyl (C=O) groups excluding carboxylic acids is 1. The molecule has 0 radical (unpaired) electrons. The van der Waals surface area contributed by atoms with Crippen LogP contribution in [0.3, 0.4) is 0 Å². The smallest absolute Gasteiger partial charge is 0.410 e. The van der Waals surface area contributed by atoms with Gasteiger partial charge in [0.25, 0.3) is 0 Å². The summed E-state index contributed by atoms with van der Waals surface area (Å²) in [6.07, 6.45) is 3.91. The predicted octanol–water partition coefficient (Wildman–Crippen LogP) is 0.640. The highest BCUT2D eigenvalue weighted by Crippen LogP contribution is 2.20. The number of piperazine rings is 1. The molecule has 1 saturated heterocycles. The Bertz CT molecular complexity index is 264. The van der Waals surface area contributed by atoms with Crippen LogP contribution in [0.2, 0.25) is 0 Å². The predicted molar refractivity (Wildman–Crippen MR) is 65.8 cm³/mol. The fraction of sp³-hybridized carbons (Fsp3) is 0.917. The maximum atomic E-state index is 11.9. The summed E-state index contributed by atoms with van der Waals surface area (Å²) in [7, 11) is 2.07. The highest BCUT2D eigenvalue weighted by Gasteiger charge is 2.28. The Morgan fingerprint density at radius 1 is 1.18 bits per heavy atom. The average Bonchev–Trinajstić information content (AvgIpc) is 2.33. The van der Waals surface area contributed by atoms with Gasteiger partial charge in [0.15, 0.2) is 0 Å². The van der Waals surface area contributed by atoms with E-state index in [1.807, 2.05) is 0 Å². The van der Waals surface area contributed by atoms with Crippen molar-refractivity contribution in [1.29, 1.82) is 0 Å². The van der Waals surface area contributed by atoms with Gasteiger partial charge < -0.3 is 20.3 Å². The van der Waals surface area contributed by atoms with Crippen molar-refractivity contribution in [2.45, 2.75) is 37.8 Å². The van der Waals surface area contributed by atoms with Crippen LogP contribution < -0.4 is 5.73 Å². The Kier molecular flexibility index (Phi) is 4.23. The van der Waals surface area contributed by atoms with E-state index in [0.717, 1.165) is 51.9 Å². The Balaban J connectivity index is 1.79. The lowest BCUT2D eigenvalue weighted by Crippen LogP contribution is -2.50. The van der Waals surface area contributed by atoms with Crippen molar-refractivity contribution >= 4 is 6.09 Å². The van der Waals surface area contributed by atoms with Gasteiger partial charge in [-0.3, -0.25) is 0 Å². The van der Waals surface area contributed by atoms with E-state index in [9.17, 15) is 4.79 Å². The molecule has 2 rings (SSSR count). The number of carbonyl (C=O) groups is 1. The normalized spacial score (nSPS) is 31.3. The zero-order chi connectivity index (χ0) is 12.3. The standard InChI is InChI=1S/C12H23N3O2/c1-14-6-8-15(9-7-14)12(16)17-11-5-3-2-4-10(11)13/h10-11H,2-9,13H2,1H3/t10-,11-/m1/s1. The van der Waals surface area contributed by atoms with E-state index in [1.165, 1.54) is 0 Å². The molecule has 1 heterocycles. The lowest BCUT2D eigenvalue weighted by molar-refractivity contribution is 0.0268. The van der Waals surface area contributed by atoms with E-state index < -0.39 is 0 Å². The molecule has 1 aliphatic carbocycles. The Labute approximate surface area is 103 Å². The lowest BCUT2D eigenvalue weighted by Gasteiger charge is -2.34. The first-order valence-corrected chi connectivity index (χ1v) is 6.56. The van der Waals surface area contributed by atoms with Crippen molar-refractivity contribution in [3.63, 3.8) is 0 Å². The quantitative estimate of drug-likeness (QED) is 0.732. The molecule has 0 aromatic carbocycles. The molecule has 5 heteroatoms. The number of ether oxygens (including phenoxy) is 1. The van der Waals surface area contributed by atoms with Crippen LogP contribution in [0.1, 0.15) is 25.7 Å². The van der Waals surface area contributed by atoms with Gasteiger partial charge in [-0.1, -0.05) is 6.42 Å². The van der Waals surface area contributed by atoms with E-state index in [0.29, 0.717) is 0 Å². The van der Waals surface area contributed by atoms with E-state index in [-0.39, 0.29) is 18.2 Å². The maximum Gasteiger partial charge on any atom is 0.410 e. The van der Waals surface area contributed by atoms with Gasteiger partial charge in [-0.25, -0.2) is 4.79 Å². The van der Waals surface area contributed by atoms with Crippen molar-refractivity contribution < 1.29 is 9.53 Å². The summed E-state index contributed by atoms with van der Waals surface area (Å²) >= 11 is 0. The third kappa shape index (κ3) is 3.33. The Hall–Kier alpha value is -0.810. The van der Waals surface area contributed by atoms with Crippen molar-refractivity contribution in [1.82, 2.24) is 9.80 Å². The van der Waals surface area contributed by atoms with Crippen molar-refractivity contribution in [2.24, 2.45) is 5.73 Å². The number of nitrogens with two attached hydrogens (primary N) is 1. The molecule has 0 aromatic rings. The monoisotopic (exact) mass is 241 g/mol. The third-order valence-electron chi connectivity index (χ3n) is 3.77. The van der Waals surface area contributed by atoms with E-state index in [4.69, 9.17) is 10.5 Å². The van der Waals surface area contributed by atoms with Crippen molar-refractivity contribution in [3.8, 4) is 0 Å². The Morgan fingerprint density at radius 3 is 2.47 bits per heavy atom. The summed E-state index contributed by atoms with van der Waals surface area (Å²) in [5, 5.41) is 0. The van der Waals surface area contributed by atoms with Gasteiger partial charge in [0.2, 0.25) is 0 Å². The van der Waals surface area contributed by atoms with Gasteiger partial charge in [-0.15, -0.1) is 0 Å². The van der Waals surface area contributed by atoms with Crippen LogP contribution in [0, 0.1) is 0 Å². The molecule has 0 spiro atoms. The van der Waals surface area contributed by atoms with Crippen LogP contribution in [0.5, 0.6) is 0 Å². The molecule has 0 bridgehead atoms. The molecule has 1 saturated carbocycles. The zero-order valence-corrected chi connectivity index (χ0v) is 10.6. The van der Waals surface area contributed by atoms with E-state index in [1.54, 1.807) is 4.90 Å². The van der Waals surface area contributed by atoms with Crippen LogP contribution >= 0.6 is 0 Å².